The molecule has 0 aliphatic carbocycles. The van der Waals surface area contributed by atoms with Crippen LogP contribution in [0.25, 0.3) is 16.9 Å². The summed E-state index contributed by atoms with van der Waals surface area (Å²) in [6.45, 7) is 5.00. The van der Waals surface area contributed by atoms with E-state index in [0.29, 0.717) is 0 Å². The molecule has 1 saturated heterocycles. The average Bonchev–Trinajstić information content (AvgIpc) is 3.28. The van der Waals surface area contributed by atoms with Crippen LogP contribution in [0.4, 0.5) is 0 Å². The minimum Gasteiger partial charge on any atom is -0.497 e. The molecule has 0 atom stereocenters. The van der Waals surface area contributed by atoms with Crippen LogP contribution in [0.15, 0.2) is 66.7 Å². The molecule has 170 valence electrons. The predicted octanol–water partition coefficient (Wildman–Crippen LogP) is 4.26. The van der Waals surface area contributed by atoms with Gasteiger partial charge in [0.05, 0.1) is 26.0 Å². The molecule has 1 aliphatic rings. The highest BCUT2D eigenvalue weighted by molar-refractivity contribution is 5.63. The molecule has 0 N–H and O–H groups in total. The van der Waals surface area contributed by atoms with Gasteiger partial charge in [0.1, 0.15) is 5.75 Å². The summed E-state index contributed by atoms with van der Waals surface area (Å²) in [5.74, 6) is 1.67. The molecular formula is C27H30N4O2. The van der Waals surface area contributed by atoms with Gasteiger partial charge in [0, 0.05) is 25.1 Å². The average molecular weight is 443 g/mol. The lowest BCUT2D eigenvalue weighted by molar-refractivity contribution is 0.0375. The summed E-state index contributed by atoms with van der Waals surface area (Å²) in [4.78, 5) is 7.26. The van der Waals surface area contributed by atoms with Crippen LogP contribution in [-0.4, -0.2) is 59.5 Å². The Balaban J connectivity index is 1.24. The second-order valence-corrected chi connectivity index (χ2v) is 8.49. The van der Waals surface area contributed by atoms with E-state index in [1.54, 1.807) is 7.11 Å². The first-order valence-electron chi connectivity index (χ1n) is 11.7. The Morgan fingerprint density at radius 2 is 1.67 bits per heavy atom. The van der Waals surface area contributed by atoms with E-state index in [1.807, 2.05) is 40.9 Å². The number of hydrogen-bond donors (Lipinski definition) is 0. The van der Waals surface area contributed by atoms with E-state index in [0.717, 1.165) is 74.2 Å². The minimum absolute atomic E-state index is 0.720. The van der Waals surface area contributed by atoms with Crippen LogP contribution in [0.5, 0.6) is 5.75 Å². The van der Waals surface area contributed by atoms with Crippen molar-refractivity contribution in [2.75, 3.05) is 40.0 Å². The number of pyridine rings is 1. The maximum Gasteiger partial charge on any atom is 0.156 e. The molecule has 2 aromatic heterocycles. The van der Waals surface area contributed by atoms with Gasteiger partial charge in [-0.2, -0.15) is 5.10 Å². The van der Waals surface area contributed by atoms with Crippen molar-refractivity contribution in [2.45, 2.75) is 19.3 Å². The zero-order chi connectivity index (χ0) is 22.5. The van der Waals surface area contributed by atoms with E-state index < -0.39 is 0 Å². The van der Waals surface area contributed by atoms with Gasteiger partial charge in [-0.05, 0) is 66.9 Å². The Hall–Kier alpha value is -3.22. The van der Waals surface area contributed by atoms with Crippen LogP contribution < -0.4 is 4.74 Å². The van der Waals surface area contributed by atoms with Crippen molar-refractivity contribution in [1.29, 1.82) is 0 Å². The lowest BCUT2D eigenvalue weighted by atomic mass is 10.1. The second-order valence-electron chi connectivity index (χ2n) is 8.49. The van der Waals surface area contributed by atoms with Crippen LogP contribution in [0, 0.1) is 0 Å². The van der Waals surface area contributed by atoms with Gasteiger partial charge in [-0.3, -0.25) is 4.90 Å². The van der Waals surface area contributed by atoms with Crippen molar-refractivity contribution >= 4 is 5.65 Å². The van der Waals surface area contributed by atoms with Crippen molar-refractivity contribution in [3.05, 3.63) is 83.7 Å². The van der Waals surface area contributed by atoms with Gasteiger partial charge in [0.2, 0.25) is 0 Å². The standard InChI is InChI=1S/C27H30N4O2/c1-32-24-13-11-23(12-14-24)25-5-2-6-27-28-26(29-31(25)27)20-22-9-7-21(8-10-22)4-3-15-30-16-18-33-19-17-30/h2,5-14H,3-4,15-20H2,1H3. The minimum atomic E-state index is 0.720. The third-order valence-corrected chi connectivity index (χ3v) is 6.22. The molecule has 33 heavy (non-hydrogen) atoms. The van der Waals surface area contributed by atoms with Gasteiger partial charge in [0.15, 0.2) is 11.5 Å². The first-order chi connectivity index (χ1) is 16.3. The molecule has 4 aromatic rings. The van der Waals surface area contributed by atoms with E-state index >= 15 is 0 Å². The number of morpholine rings is 1. The van der Waals surface area contributed by atoms with Crippen LogP contribution >= 0.6 is 0 Å². The molecule has 0 spiro atoms. The van der Waals surface area contributed by atoms with Crippen LogP contribution in [0.2, 0.25) is 0 Å². The highest BCUT2D eigenvalue weighted by Gasteiger charge is 2.11. The second kappa shape index (κ2) is 10.1. The monoisotopic (exact) mass is 442 g/mol. The molecule has 0 bridgehead atoms. The molecule has 0 saturated carbocycles. The van der Waals surface area contributed by atoms with Crippen LogP contribution in [0.1, 0.15) is 23.4 Å². The number of ether oxygens (including phenoxy) is 2. The normalized spacial score (nSPS) is 14.6. The number of rotatable bonds is 8. The summed E-state index contributed by atoms with van der Waals surface area (Å²) in [6.07, 6.45) is 3.01. The van der Waals surface area contributed by atoms with Crippen molar-refractivity contribution < 1.29 is 9.47 Å². The Morgan fingerprint density at radius 3 is 2.42 bits per heavy atom. The first kappa shape index (κ1) is 21.6. The molecule has 0 radical (unpaired) electrons. The van der Waals surface area contributed by atoms with Crippen molar-refractivity contribution in [3.8, 4) is 17.0 Å². The van der Waals surface area contributed by atoms with Crippen LogP contribution in [-0.2, 0) is 17.6 Å². The third-order valence-electron chi connectivity index (χ3n) is 6.22. The Kier molecular flexibility index (Phi) is 6.65. The van der Waals surface area contributed by atoms with Gasteiger partial charge in [-0.15, -0.1) is 0 Å². The number of nitrogens with zero attached hydrogens (tertiary/aromatic N) is 4. The largest absolute Gasteiger partial charge is 0.497 e. The van der Waals surface area contributed by atoms with Crippen molar-refractivity contribution in [3.63, 3.8) is 0 Å². The fraction of sp³-hybridized carbons (Fsp3) is 0.333. The summed E-state index contributed by atoms with van der Waals surface area (Å²) in [5.41, 5.74) is 5.58. The number of methoxy groups -OCH3 is 1. The van der Waals surface area contributed by atoms with Crippen molar-refractivity contribution in [2.24, 2.45) is 0 Å². The number of hydrogen-bond acceptors (Lipinski definition) is 5. The molecule has 1 aliphatic heterocycles. The first-order valence-corrected chi connectivity index (χ1v) is 11.7. The number of aromatic nitrogens is 3. The molecule has 5 rings (SSSR count). The fourth-order valence-corrected chi connectivity index (χ4v) is 4.34. The molecule has 0 amide bonds. The third kappa shape index (κ3) is 5.24. The molecule has 2 aromatic carbocycles. The Labute approximate surface area is 194 Å². The highest BCUT2D eigenvalue weighted by atomic mass is 16.5. The summed E-state index contributed by atoms with van der Waals surface area (Å²) < 4.78 is 12.6. The zero-order valence-corrected chi connectivity index (χ0v) is 19.1. The molecule has 0 unspecified atom stereocenters. The van der Waals surface area contributed by atoms with Gasteiger partial charge in [-0.1, -0.05) is 30.3 Å². The van der Waals surface area contributed by atoms with Gasteiger partial charge in [-0.25, -0.2) is 9.50 Å². The van der Waals surface area contributed by atoms with Gasteiger partial charge < -0.3 is 9.47 Å². The summed E-state index contributed by atoms with van der Waals surface area (Å²) in [5, 5.41) is 4.81. The number of benzene rings is 2. The SMILES string of the molecule is COc1ccc(-c2cccc3nc(Cc4ccc(CCCN5CCOCC5)cc4)nn23)cc1. The Bertz CT molecular complexity index is 1180. The molecule has 1 fully saturated rings. The topological polar surface area (TPSA) is 51.9 Å². The van der Waals surface area contributed by atoms with E-state index in [9.17, 15) is 0 Å². The molecular weight excluding hydrogens is 412 g/mol. The predicted molar refractivity (Wildman–Crippen MR) is 130 cm³/mol. The number of aryl methyl sites for hydroxylation is 1. The van der Waals surface area contributed by atoms with E-state index in [1.165, 1.54) is 17.5 Å². The molecule has 6 heteroatoms. The summed E-state index contributed by atoms with van der Waals surface area (Å²) >= 11 is 0. The van der Waals surface area contributed by atoms with Gasteiger partial charge >= 0.3 is 0 Å². The zero-order valence-electron chi connectivity index (χ0n) is 19.1. The summed E-state index contributed by atoms with van der Waals surface area (Å²) in [7, 11) is 1.68. The highest BCUT2D eigenvalue weighted by Crippen LogP contribution is 2.23. The lowest BCUT2D eigenvalue weighted by Crippen LogP contribution is -2.36. The lowest BCUT2D eigenvalue weighted by Gasteiger charge is -2.26. The maximum atomic E-state index is 5.43. The number of fused-ring (bicyclic) bond motifs is 1. The summed E-state index contributed by atoms with van der Waals surface area (Å²) in [6, 6.07) is 23.0. The molecule has 3 heterocycles. The van der Waals surface area contributed by atoms with E-state index in [-0.39, 0.29) is 0 Å². The van der Waals surface area contributed by atoms with Gasteiger partial charge in [0.25, 0.3) is 0 Å². The Morgan fingerprint density at radius 1 is 0.909 bits per heavy atom. The molecule has 6 nitrogen and oxygen atoms in total. The van der Waals surface area contributed by atoms with Crippen LogP contribution in [0.3, 0.4) is 0 Å². The van der Waals surface area contributed by atoms with E-state index in [4.69, 9.17) is 19.6 Å². The van der Waals surface area contributed by atoms with E-state index in [2.05, 4.69) is 35.2 Å². The van der Waals surface area contributed by atoms with Crippen molar-refractivity contribution in [1.82, 2.24) is 19.5 Å². The smallest absolute Gasteiger partial charge is 0.156 e. The fourth-order valence-electron chi connectivity index (χ4n) is 4.34. The quantitative estimate of drug-likeness (QED) is 0.408. The maximum absolute atomic E-state index is 5.43.